The first-order chi connectivity index (χ1) is 9.60. The Morgan fingerprint density at radius 1 is 1.20 bits per heavy atom. The molecule has 3 nitrogen and oxygen atoms in total. The normalized spacial score (nSPS) is 12.7. The molecule has 4 heteroatoms. The Balaban J connectivity index is 2.10. The van der Waals surface area contributed by atoms with Gasteiger partial charge in [-0.3, -0.25) is 9.88 Å². The quantitative estimate of drug-likeness (QED) is 0.912. The minimum absolute atomic E-state index is 0.187. The number of pyridine rings is 1. The van der Waals surface area contributed by atoms with E-state index in [0.29, 0.717) is 6.54 Å². The first-order valence-corrected chi connectivity index (χ1v) is 7.46. The van der Waals surface area contributed by atoms with E-state index in [9.17, 15) is 0 Å². The van der Waals surface area contributed by atoms with Crippen molar-refractivity contribution < 1.29 is 0 Å². The minimum Gasteiger partial charge on any atom is -0.329 e. The molecular formula is C16H20BrN3. The van der Waals surface area contributed by atoms with Crippen molar-refractivity contribution in [2.75, 3.05) is 13.6 Å². The Labute approximate surface area is 129 Å². The number of hydrogen-bond donors (Lipinski definition) is 1. The third kappa shape index (κ3) is 3.88. The van der Waals surface area contributed by atoms with Crippen LogP contribution in [0.4, 0.5) is 0 Å². The van der Waals surface area contributed by atoms with E-state index in [0.717, 1.165) is 22.3 Å². The monoisotopic (exact) mass is 333 g/mol. The topological polar surface area (TPSA) is 42.1 Å². The highest BCUT2D eigenvalue weighted by Gasteiger charge is 2.15. The van der Waals surface area contributed by atoms with Gasteiger partial charge in [0.15, 0.2) is 0 Å². The summed E-state index contributed by atoms with van der Waals surface area (Å²) in [5, 5.41) is 0. The summed E-state index contributed by atoms with van der Waals surface area (Å²) in [6, 6.07) is 12.7. The Morgan fingerprint density at radius 3 is 2.45 bits per heavy atom. The molecule has 0 fully saturated rings. The maximum absolute atomic E-state index is 5.94. The van der Waals surface area contributed by atoms with Crippen molar-refractivity contribution in [1.82, 2.24) is 9.88 Å². The first kappa shape index (κ1) is 15.2. The average Bonchev–Trinajstić information content (AvgIpc) is 2.44. The van der Waals surface area contributed by atoms with Gasteiger partial charge in [-0.15, -0.1) is 0 Å². The van der Waals surface area contributed by atoms with Gasteiger partial charge in [-0.2, -0.15) is 0 Å². The molecule has 2 aromatic rings. The lowest BCUT2D eigenvalue weighted by molar-refractivity contribution is 0.241. The van der Waals surface area contributed by atoms with Crippen LogP contribution in [0.15, 0.2) is 47.1 Å². The van der Waals surface area contributed by atoms with Gasteiger partial charge in [0.1, 0.15) is 0 Å². The number of nitrogens with zero attached hydrogens (tertiary/aromatic N) is 2. The third-order valence-corrected chi connectivity index (χ3v) is 3.95. The van der Waals surface area contributed by atoms with Gasteiger partial charge in [-0.1, -0.05) is 34.1 Å². The van der Waals surface area contributed by atoms with Crippen LogP contribution in [0.25, 0.3) is 0 Å². The minimum atomic E-state index is 0.187. The molecule has 0 saturated heterocycles. The Bertz CT molecular complexity index is 537. The van der Waals surface area contributed by atoms with E-state index in [4.69, 9.17) is 5.73 Å². The molecule has 2 N–H and O–H groups in total. The maximum atomic E-state index is 5.94. The van der Waals surface area contributed by atoms with E-state index in [1.54, 1.807) is 0 Å². The van der Waals surface area contributed by atoms with Crippen molar-refractivity contribution in [2.24, 2.45) is 5.73 Å². The Kier molecular flexibility index (Phi) is 5.29. The average molecular weight is 334 g/mol. The predicted molar refractivity (Wildman–Crippen MR) is 86.4 cm³/mol. The molecule has 0 spiro atoms. The van der Waals surface area contributed by atoms with Gasteiger partial charge in [0.2, 0.25) is 0 Å². The second kappa shape index (κ2) is 6.97. The molecule has 0 bridgehead atoms. The van der Waals surface area contributed by atoms with E-state index in [-0.39, 0.29) is 6.04 Å². The number of rotatable bonds is 5. The number of aromatic nitrogens is 1. The van der Waals surface area contributed by atoms with E-state index < -0.39 is 0 Å². The summed E-state index contributed by atoms with van der Waals surface area (Å²) in [5.74, 6) is 0. The maximum Gasteiger partial charge on any atom is 0.0486 e. The second-order valence-corrected chi connectivity index (χ2v) is 5.94. The lowest BCUT2D eigenvalue weighted by atomic mass is 10.1. The van der Waals surface area contributed by atoms with Crippen molar-refractivity contribution in [3.05, 3.63) is 63.9 Å². The standard InChI is InChI=1S/C16H20BrN3/c1-12-3-6-14(10-19-12)16(9-18)20(2)11-13-4-7-15(17)8-5-13/h3-8,10,16H,9,11,18H2,1-2H3. The molecule has 0 aliphatic carbocycles. The molecule has 1 aromatic carbocycles. The van der Waals surface area contributed by atoms with Crippen molar-refractivity contribution >= 4 is 15.9 Å². The molecule has 0 radical (unpaired) electrons. The summed E-state index contributed by atoms with van der Waals surface area (Å²) < 4.78 is 1.10. The van der Waals surface area contributed by atoms with Gasteiger partial charge in [-0.05, 0) is 43.3 Å². The lowest BCUT2D eigenvalue weighted by Gasteiger charge is -2.27. The summed E-state index contributed by atoms with van der Waals surface area (Å²) in [6.07, 6.45) is 1.92. The number of nitrogens with two attached hydrogens (primary N) is 1. The molecule has 0 amide bonds. The van der Waals surface area contributed by atoms with Crippen molar-refractivity contribution in [3.8, 4) is 0 Å². The number of hydrogen-bond acceptors (Lipinski definition) is 3. The lowest BCUT2D eigenvalue weighted by Crippen LogP contribution is -2.30. The zero-order chi connectivity index (χ0) is 14.5. The zero-order valence-corrected chi connectivity index (χ0v) is 13.5. The van der Waals surface area contributed by atoms with E-state index in [1.165, 1.54) is 5.56 Å². The number of aryl methyl sites for hydroxylation is 1. The predicted octanol–water partition coefficient (Wildman–Crippen LogP) is 3.28. The highest BCUT2D eigenvalue weighted by Crippen LogP contribution is 2.20. The fraction of sp³-hybridized carbons (Fsp3) is 0.312. The van der Waals surface area contributed by atoms with Crippen molar-refractivity contribution in [1.29, 1.82) is 0 Å². The number of likely N-dealkylation sites (N-methyl/N-ethyl adjacent to an activating group) is 1. The fourth-order valence-corrected chi connectivity index (χ4v) is 2.50. The van der Waals surface area contributed by atoms with Crippen LogP contribution >= 0.6 is 15.9 Å². The molecule has 20 heavy (non-hydrogen) atoms. The molecule has 0 saturated carbocycles. The van der Waals surface area contributed by atoms with Gasteiger partial charge < -0.3 is 5.73 Å². The summed E-state index contributed by atoms with van der Waals surface area (Å²) in [4.78, 5) is 6.62. The second-order valence-electron chi connectivity index (χ2n) is 5.03. The van der Waals surface area contributed by atoms with Crippen LogP contribution in [0.2, 0.25) is 0 Å². The van der Waals surface area contributed by atoms with Crippen LogP contribution in [0.3, 0.4) is 0 Å². The molecule has 106 valence electrons. The fourth-order valence-electron chi connectivity index (χ4n) is 2.23. The van der Waals surface area contributed by atoms with Crippen LogP contribution in [0.5, 0.6) is 0 Å². The van der Waals surface area contributed by atoms with Crippen LogP contribution < -0.4 is 5.73 Å². The Morgan fingerprint density at radius 2 is 1.90 bits per heavy atom. The van der Waals surface area contributed by atoms with Gasteiger partial charge in [0.05, 0.1) is 0 Å². The molecule has 2 rings (SSSR count). The van der Waals surface area contributed by atoms with Crippen LogP contribution in [-0.4, -0.2) is 23.5 Å². The third-order valence-electron chi connectivity index (χ3n) is 3.42. The smallest absolute Gasteiger partial charge is 0.0486 e. The summed E-state index contributed by atoms with van der Waals surface area (Å²) in [5.41, 5.74) is 9.41. The van der Waals surface area contributed by atoms with Crippen LogP contribution in [-0.2, 0) is 6.54 Å². The largest absolute Gasteiger partial charge is 0.329 e. The van der Waals surface area contributed by atoms with E-state index in [1.807, 2.05) is 19.2 Å². The van der Waals surface area contributed by atoms with Gasteiger partial charge in [0.25, 0.3) is 0 Å². The molecule has 0 aliphatic rings. The summed E-state index contributed by atoms with van der Waals surface area (Å²) in [7, 11) is 2.10. The zero-order valence-electron chi connectivity index (χ0n) is 11.9. The van der Waals surface area contributed by atoms with Gasteiger partial charge in [0, 0.05) is 35.5 Å². The highest BCUT2D eigenvalue weighted by atomic mass is 79.9. The van der Waals surface area contributed by atoms with Gasteiger partial charge in [-0.25, -0.2) is 0 Å². The summed E-state index contributed by atoms with van der Waals surface area (Å²) in [6.45, 7) is 3.44. The molecule has 1 aromatic heterocycles. The van der Waals surface area contributed by atoms with Crippen molar-refractivity contribution in [2.45, 2.75) is 19.5 Å². The SMILES string of the molecule is Cc1ccc(C(CN)N(C)Cc2ccc(Br)cc2)cn1. The van der Waals surface area contributed by atoms with Crippen molar-refractivity contribution in [3.63, 3.8) is 0 Å². The molecule has 0 aliphatic heterocycles. The highest BCUT2D eigenvalue weighted by molar-refractivity contribution is 9.10. The first-order valence-electron chi connectivity index (χ1n) is 6.67. The molecule has 1 heterocycles. The van der Waals surface area contributed by atoms with Crippen LogP contribution in [0, 0.1) is 6.92 Å². The van der Waals surface area contributed by atoms with Crippen LogP contribution in [0.1, 0.15) is 22.9 Å². The number of halogens is 1. The van der Waals surface area contributed by atoms with E-state index in [2.05, 4.69) is 63.2 Å². The number of benzene rings is 1. The van der Waals surface area contributed by atoms with Gasteiger partial charge >= 0.3 is 0 Å². The summed E-state index contributed by atoms with van der Waals surface area (Å²) >= 11 is 3.46. The Hall–Kier alpha value is -1.23. The van der Waals surface area contributed by atoms with E-state index >= 15 is 0 Å². The molecular weight excluding hydrogens is 314 g/mol. The molecule has 1 unspecified atom stereocenters. The molecule has 1 atom stereocenters.